The highest BCUT2D eigenvalue weighted by Crippen LogP contribution is 2.78. The van der Waals surface area contributed by atoms with Gasteiger partial charge in [-0.25, -0.2) is 0 Å². The number of carbonyl (C=O) groups excluding carboxylic acids is 3. The van der Waals surface area contributed by atoms with Crippen LogP contribution < -0.4 is 9.47 Å². The molecular formula is C25H16BrNO7. The quantitative estimate of drug-likeness (QED) is 0.118. The van der Waals surface area contributed by atoms with Gasteiger partial charge in [0.05, 0.1) is 10.3 Å². The Hall–Kier alpha value is -3.85. The molecule has 34 heavy (non-hydrogen) atoms. The van der Waals surface area contributed by atoms with Crippen LogP contribution in [0.25, 0.3) is 0 Å². The molecule has 5 rings (SSSR count). The molecule has 1 fully saturated rings. The van der Waals surface area contributed by atoms with Crippen LogP contribution in [-0.2, 0) is 9.59 Å². The lowest BCUT2D eigenvalue weighted by Crippen LogP contribution is -2.41. The topological polar surface area (TPSA) is 113 Å². The van der Waals surface area contributed by atoms with Crippen molar-refractivity contribution in [3.8, 4) is 11.5 Å². The number of carbonyl (C=O) groups is 3. The van der Waals surface area contributed by atoms with Crippen molar-refractivity contribution in [2.75, 3.05) is 0 Å². The van der Waals surface area contributed by atoms with Crippen molar-refractivity contribution in [1.29, 1.82) is 0 Å². The smallest absolute Gasteiger partial charge is 0.330 e. The monoisotopic (exact) mass is 521 g/mol. The van der Waals surface area contributed by atoms with Crippen molar-refractivity contribution in [1.82, 2.24) is 0 Å². The first-order valence-corrected chi connectivity index (χ1v) is 11.1. The summed E-state index contributed by atoms with van der Waals surface area (Å²) in [6, 6.07) is 18.3. The molecule has 2 aliphatic rings. The number of hydrogen-bond donors (Lipinski definition) is 0. The predicted molar refractivity (Wildman–Crippen MR) is 123 cm³/mol. The molecule has 0 spiro atoms. The number of rotatable bonds is 5. The molecule has 0 aromatic heterocycles. The van der Waals surface area contributed by atoms with Gasteiger partial charge in [0.15, 0.2) is 11.2 Å². The molecule has 1 saturated carbocycles. The molecule has 1 aliphatic heterocycles. The van der Waals surface area contributed by atoms with Gasteiger partial charge in [-0.3, -0.25) is 24.5 Å². The number of nitro groups is 1. The lowest BCUT2D eigenvalue weighted by Gasteiger charge is -2.22. The Morgan fingerprint density at radius 1 is 1.03 bits per heavy atom. The third kappa shape index (κ3) is 2.93. The van der Waals surface area contributed by atoms with E-state index in [0.29, 0.717) is 16.9 Å². The number of fused-ring (bicyclic) bond motifs is 3. The standard InChI is InChI=1S/C25H16BrNO7/c1-24(21(28)14-6-8-15(26)9-7-14)20-18-4-2-3-5-19(18)34-23(30)25(20,24)22(29)33-17-12-10-16(11-13-17)27(31)32/h2-13,20H,1H3. The maximum absolute atomic E-state index is 13.7. The molecule has 0 amide bonds. The van der Waals surface area contributed by atoms with E-state index in [2.05, 4.69) is 15.9 Å². The number of nitro benzene ring substituents is 1. The normalized spacial score (nSPS) is 24.3. The van der Waals surface area contributed by atoms with E-state index in [0.717, 1.165) is 4.47 Å². The minimum atomic E-state index is -1.90. The van der Waals surface area contributed by atoms with Gasteiger partial charge >= 0.3 is 11.9 Å². The Morgan fingerprint density at radius 3 is 2.32 bits per heavy atom. The van der Waals surface area contributed by atoms with Crippen LogP contribution in [0.5, 0.6) is 11.5 Å². The Morgan fingerprint density at radius 2 is 1.68 bits per heavy atom. The van der Waals surface area contributed by atoms with E-state index in [4.69, 9.17) is 9.47 Å². The van der Waals surface area contributed by atoms with Gasteiger partial charge in [-0.1, -0.05) is 46.3 Å². The van der Waals surface area contributed by atoms with Crippen LogP contribution >= 0.6 is 15.9 Å². The summed E-state index contributed by atoms with van der Waals surface area (Å²) < 4.78 is 11.8. The predicted octanol–water partition coefficient (Wildman–Crippen LogP) is 4.85. The van der Waals surface area contributed by atoms with E-state index in [-0.39, 0.29) is 17.2 Å². The molecule has 3 aromatic rings. The molecule has 0 radical (unpaired) electrons. The van der Waals surface area contributed by atoms with Crippen molar-refractivity contribution >= 4 is 39.3 Å². The second-order valence-electron chi connectivity index (χ2n) is 8.35. The number of non-ortho nitro benzene ring substituents is 1. The van der Waals surface area contributed by atoms with Gasteiger partial charge in [0.25, 0.3) is 5.69 Å². The summed E-state index contributed by atoms with van der Waals surface area (Å²) in [5.41, 5.74) is -2.62. The highest BCUT2D eigenvalue weighted by atomic mass is 79.9. The number of benzene rings is 3. The van der Waals surface area contributed by atoms with Gasteiger partial charge in [0, 0.05) is 33.7 Å². The minimum absolute atomic E-state index is 0.0146. The van der Waals surface area contributed by atoms with E-state index in [1.165, 1.54) is 24.3 Å². The third-order valence-electron chi connectivity index (χ3n) is 6.66. The van der Waals surface area contributed by atoms with Crippen LogP contribution in [0.15, 0.2) is 77.3 Å². The molecule has 0 bridgehead atoms. The number of hydrogen-bond acceptors (Lipinski definition) is 7. The van der Waals surface area contributed by atoms with E-state index in [9.17, 15) is 24.5 Å². The summed E-state index contributed by atoms with van der Waals surface area (Å²) in [6.07, 6.45) is 0. The fourth-order valence-corrected chi connectivity index (χ4v) is 5.20. The second-order valence-corrected chi connectivity index (χ2v) is 9.26. The molecule has 3 aromatic carbocycles. The van der Waals surface area contributed by atoms with Crippen LogP contribution in [0.4, 0.5) is 5.69 Å². The summed E-state index contributed by atoms with van der Waals surface area (Å²) in [5.74, 6) is -2.68. The minimum Gasteiger partial charge on any atom is -0.426 e. The van der Waals surface area contributed by atoms with Gasteiger partial charge in [0.1, 0.15) is 11.5 Å². The number of ether oxygens (including phenoxy) is 2. The Bertz CT molecular complexity index is 1370. The molecule has 0 saturated heterocycles. The molecule has 0 N–H and O–H groups in total. The van der Waals surface area contributed by atoms with E-state index >= 15 is 0 Å². The van der Waals surface area contributed by atoms with Crippen molar-refractivity contribution in [2.24, 2.45) is 10.8 Å². The van der Waals surface area contributed by atoms with E-state index in [1.807, 2.05) is 0 Å². The third-order valence-corrected chi connectivity index (χ3v) is 7.19. The van der Waals surface area contributed by atoms with Crippen molar-refractivity contribution in [3.63, 3.8) is 0 Å². The second kappa shape index (κ2) is 7.59. The molecular weight excluding hydrogens is 506 g/mol. The van der Waals surface area contributed by atoms with Crippen molar-refractivity contribution < 1.29 is 28.8 Å². The Balaban J connectivity index is 1.59. The Labute approximate surface area is 201 Å². The fourth-order valence-electron chi connectivity index (χ4n) is 4.93. The summed E-state index contributed by atoms with van der Waals surface area (Å²) >= 11 is 3.34. The van der Waals surface area contributed by atoms with Crippen LogP contribution in [0.3, 0.4) is 0 Å². The first-order chi connectivity index (χ1) is 16.2. The highest BCUT2D eigenvalue weighted by Gasteiger charge is 2.89. The van der Waals surface area contributed by atoms with Crippen molar-refractivity contribution in [2.45, 2.75) is 12.8 Å². The van der Waals surface area contributed by atoms with Gasteiger partial charge < -0.3 is 9.47 Å². The zero-order valence-electron chi connectivity index (χ0n) is 17.7. The largest absolute Gasteiger partial charge is 0.426 e. The number of para-hydroxylation sites is 1. The van der Waals surface area contributed by atoms with Gasteiger partial charge in [-0.05, 0) is 37.3 Å². The molecule has 3 atom stereocenters. The Kier molecular flexibility index (Phi) is 4.91. The number of ketones is 1. The van der Waals surface area contributed by atoms with Gasteiger partial charge in [0.2, 0.25) is 0 Å². The summed E-state index contributed by atoms with van der Waals surface area (Å²) in [4.78, 5) is 51.0. The summed E-state index contributed by atoms with van der Waals surface area (Å²) in [5, 5.41) is 10.9. The molecule has 170 valence electrons. The maximum Gasteiger partial charge on any atom is 0.330 e. The molecule has 1 heterocycles. The number of esters is 2. The number of halogens is 1. The first kappa shape index (κ1) is 22.0. The number of nitrogens with zero attached hydrogens (tertiary/aromatic N) is 1. The molecule has 8 nitrogen and oxygen atoms in total. The summed E-state index contributed by atoms with van der Waals surface area (Å²) in [7, 11) is 0. The zero-order chi connectivity index (χ0) is 24.3. The average molecular weight is 522 g/mol. The fraction of sp³-hybridized carbons (Fsp3) is 0.160. The highest BCUT2D eigenvalue weighted by molar-refractivity contribution is 9.10. The SMILES string of the molecule is CC1(C(=O)c2ccc(Br)cc2)C2c3ccccc3OC(=O)C21C(=O)Oc1ccc([N+](=O)[O-])cc1. The van der Waals surface area contributed by atoms with Crippen LogP contribution in [-0.4, -0.2) is 22.6 Å². The average Bonchev–Trinajstić information content (AvgIpc) is 3.43. The van der Waals surface area contributed by atoms with E-state index in [1.54, 1.807) is 55.5 Å². The maximum atomic E-state index is 13.7. The lowest BCUT2D eigenvalue weighted by molar-refractivity contribution is -0.384. The molecule has 3 unspecified atom stereocenters. The van der Waals surface area contributed by atoms with Crippen LogP contribution in [0.1, 0.15) is 28.8 Å². The molecule has 9 heteroatoms. The number of Topliss-reactive ketones (excluding diaryl/α,β-unsaturated/α-hetero) is 1. The first-order valence-electron chi connectivity index (χ1n) is 10.3. The molecule has 1 aliphatic carbocycles. The summed E-state index contributed by atoms with van der Waals surface area (Å²) in [6.45, 7) is 1.57. The van der Waals surface area contributed by atoms with Gasteiger partial charge in [-0.2, -0.15) is 0 Å². The van der Waals surface area contributed by atoms with Crippen LogP contribution in [0.2, 0.25) is 0 Å². The van der Waals surface area contributed by atoms with Crippen molar-refractivity contribution in [3.05, 3.63) is 98.5 Å². The lowest BCUT2D eigenvalue weighted by atomic mass is 9.87. The zero-order valence-corrected chi connectivity index (χ0v) is 19.3. The van der Waals surface area contributed by atoms with Crippen LogP contribution in [0, 0.1) is 20.9 Å². The van der Waals surface area contributed by atoms with Gasteiger partial charge in [-0.15, -0.1) is 0 Å². The van der Waals surface area contributed by atoms with E-state index < -0.39 is 33.6 Å².